The van der Waals surface area contributed by atoms with Crippen LogP contribution in [0.15, 0.2) is 27.2 Å². The van der Waals surface area contributed by atoms with E-state index in [0.29, 0.717) is 6.54 Å². The van der Waals surface area contributed by atoms with Crippen molar-refractivity contribution in [3.63, 3.8) is 0 Å². The molecule has 7 heteroatoms. The lowest BCUT2D eigenvalue weighted by molar-refractivity contribution is 0.119. The van der Waals surface area contributed by atoms with Crippen molar-refractivity contribution in [2.75, 3.05) is 20.7 Å². The van der Waals surface area contributed by atoms with E-state index in [4.69, 9.17) is 9.73 Å². The SMILES string of the molecule is CCNC(=NCc1ccsc1)N(C)Cc1csc(C(C)OC)n1. The fourth-order valence-corrected chi connectivity index (χ4v) is 3.52. The standard InChI is InChI=1S/C16H24N4OS2/c1-5-17-16(18-8-13-6-7-22-10-13)20(3)9-14-11-23-15(19-14)12(2)21-4/h6-7,10-12H,5,8-9H2,1-4H3,(H,17,18). The maximum atomic E-state index is 5.32. The van der Waals surface area contributed by atoms with Crippen LogP contribution in [-0.4, -0.2) is 36.5 Å². The number of thiophene rings is 1. The van der Waals surface area contributed by atoms with Crippen LogP contribution in [0.4, 0.5) is 0 Å². The minimum absolute atomic E-state index is 0.0413. The number of rotatable bonds is 7. The predicted molar refractivity (Wildman–Crippen MR) is 98.1 cm³/mol. The van der Waals surface area contributed by atoms with Crippen molar-refractivity contribution in [1.82, 2.24) is 15.2 Å². The van der Waals surface area contributed by atoms with Gasteiger partial charge in [-0.05, 0) is 36.2 Å². The highest BCUT2D eigenvalue weighted by Crippen LogP contribution is 2.21. The monoisotopic (exact) mass is 352 g/mol. The first-order chi connectivity index (χ1) is 11.1. The van der Waals surface area contributed by atoms with Gasteiger partial charge in [-0.3, -0.25) is 0 Å². The molecule has 0 saturated heterocycles. The number of methoxy groups -OCH3 is 1. The van der Waals surface area contributed by atoms with Gasteiger partial charge in [-0.15, -0.1) is 11.3 Å². The Morgan fingerprint density at radius 3 is 2.96 bits per heavy atom. The summed E-state index contributed by atoms with van der Waals surface area (Å²) in [6.07, 6.45) is 0.0413. The van der Waals surface area contributed by atoms with Crippen LogP contribution in [0.5, 0.6) is 0 Å². The van der Waals surface area contributed by atoms with Crippen LogP contribution in [0.25, 0.3) is 0 Å². The molecule has 0 saturated carbocycles. The predicted octanol–water partition coefficient (Wildman–Crippen LogP) is 3.51. The van der Waals surface area contributed by atoms with E-state index in [-0.39, 0.29) is 6.10 Å². The average Bonchev–Trinajstić information content (AvgIpc) is 3.22. The Labute approximate surface area is 146 Å². The molecule has 0 bridgehead atoms. The molecule has 0 aromatic carbocycles. The van der Waals surface area contributed by atoms with Crippen molar-refractivity contribution < 1.29 is 4.74 Å². The number of aliphatic imine (C=N–C) groups is 1. The molecule has 1 N–H and O–H groups in total. The molecule has 2 rings (SSSR count). The lowest BCUT2D eigenvalue weighted by atomic mass is 10.3. The summed E-state index contributed by atoms with van der Waals surface area (Å²) >= 11 is 3.34. The summed E-state index contributed by atoms with van der Waals surface area (Å²) in [5, 5.41) is 10.6. The number of hydrogen-bond donors (Lipinski definition) is 1. The van der Waals surface area contributed by atoms with E-state index in [1.165, 1.54) is 5.56 Å². The Balaban J connectivity index is 2.01. The van der Waals surface area contributed by atoms with Crippen LogP contribution in [0.2, 0.25) is 0 Å². The fraction of sp³-hybridized carbons (Fsp3) is 0.500. The number of ether oxygens (including phenoxy) is 1. The molecule has 5 nitrogen and oxygen atoms in total. The third-order valence-corrected chi connectivity index (χ3v) is 5.14. The van der Waals surface area contributed by atoms with Gasteiger partial charge in [0.2, 0.25) is 0 Å². The summed E-state index contributed by atoms with van der Waals surface area (Å²) in [4.78, 5) is 11.4. The molecule has 2 heterocycles. The largest absolute Gasteiger partial charge is 0.375 e. The van der Waals surface area contributed by atoms with E-state index in [1.54, 1.807) is 29.8 Å². The van der Waals surface area contributed by atoms with E-state index in [0.717, 1.165) is 29.8 Å². The van der Waals surface area contributed by atoms with E-state index >= 15 is 0 Å². The molecule has 0 aliphatic carbocycles. The van der Waals surface area contributed by atoms with Crippen LogP contribution in [0.1, 0.15) is 36.2 Å². The first kappa shape index (κ1) is 17.9. The molecule has 0 spiro atoms. The summed E-state index contributed by atoms with van der Waals surface area (Å²) in [6, 6.07) is 2.11. The quantitative estimate of drug-likeness (QED) is 0.612. The van der Waals surface area contributed by atoms with Gasteiger partial charge in [-0.1, -0.05) is 0 Å². The van der Waals surface area contributed by atoms with Gasteiger partial charge in [0.1, 0.15) is 11.1 Å². The van der Waals surface area contributed by atoms with Crippen molar-refractivity contribution >= 4 is 28.6 Å². The number of nitrogens with zero attached hydrogens (tertiary/aromatic N) is 3. The Hall–Kier alpha value is -1.44. The molecule has 0 aliphatic heterocycles. The van der Waals surface area contributed by atoms with Crippen LogP contribution in [0, 0.1) is 0 Å². The zero-order valence-corrected chi connectivity index (χ0v) is 15.7. The van der Waals surface area contributed by atoms with Gasteiger partial charge in [0.25, 0.3) is 0 Å². The molecule has 0 radical (unpaired) electrons. The van der Waals surface area contributed by atoms with E-state index < -0.39 is 0 Å². The molecule has 0 amide bonds. The number of hydrogen-bond acceptors (Lipinski definition) is 5. The second kappa shape index (κ2) is 9.00. The zero-order valence-electron chi connectivity index (χ0n) is 14.1. The van der Waals surface area contributed by atoms with Crippen molar-refractivity contribution in [2.45, 2.75) is 33.0 Å². The summed E-state index contributed by atoms with van der Waals surface area (Å²) in [7, 11) is 3.74. The topological polar surface area (TPSA) is 49.8 Å². The fourth-order valence-electron chi connectivity index (χ4n) is 2.02. The van der Waals surface area contributed by atoms with Crippen molar-refractivity contribution in [2.24, 2.45) is 4.99 Å². The highest BCUT2D eigenvalue weighted by molar-refractivity contribution is 7.09. The van der Waals surface area contributed by atoms with Gasteiger partial charge in [0, 0.05) is 26.1 Å². The zero-order chi connectivity index (χ0) is 16.7. The molecular weight excluding hydrogens is 328 g/mol. The maximum Gasteiger partial charge on any atom is 0.194 e. The summed E-state index contributed by atoms with van der Waals surface area (Å²) < 4.78 is 5.32. The van der Waals surface area contributed by atoms with Gasteiger partial charge in [0.15, 0.2) is 5.96 Å². The molecule has 1 unspecified atom stereocenters. The molecule has 0 fully saturated rings. The molecule has 126 valence electrons. The van der Waals surface area contributed by atoms with Crippen molar-refractivity contribution in [1.29, 1.82) is 0 Å². The first-order valence-electron chi connectivity index (χ1n) is 7.61. The van der Waals surface area contributed by atoms with Crippen molar-refractivity contribution in [3.05, 3.63) is 38.5 Å². The average molecular weight is 353 g/mol. The Morgan fingerprint density at radius 1 is 1.48 bits per heavy atom. The molecule has 2 aromatic rings. The molecular formula is C16H24N4OS2. The van der Waals surface area contributed by atoms with Gasteiger partial charge in [0.05, 0.1) is 18.8 Å². The third-order valence-electron chi connectivity index (χ3n) is 3.36. The number of aromatic nitrogens is 1. The Morgan fingerprint density at radius 2 is 2.30 bits per heavy atom. The number of guanidine groups is 1. The summed E-state index contributed by atoms with van der Waals surface area (Å²) in [6.45, 7) is 6.35. The second-order valence-corrected chi connectivity index (χ2v) is 6.88. The lowest BCUT2D eigenvalue weighted by Gasteiger charge is -2.21. The Kier molecular flexibility index (Phi) is 7.01. The van der Waals surface area contributed by atoms with Crippen molar-refractivity contribution in [3.8, 4) is 0 Å². The van der Waals surface area contributed by atoms with Gasteiger partial charge in [-0.25, -0.2) is 9.98 Å². The highest BCUT2D eigenvalue weighted by Gasteiger charge is 2.12. The minimum Gasteiger partial charge on any atom is -0.375 e. The number of nitrogens with one attached hydrogen (secondary N) is 1. The smallest absolute Gasteiger partial charge is 0.194 e. The first-order valence-corrected chi connectivity index (χ1v) is 9.43. The third kappa shape index (κ3) is 5.30. The normalized spacial score (nSPS) is 13.1. The summed E-state index contributed by atoms with van der Waals surface area (Å²) in [5.74, 6) is 0.896. The van der Waals surface area contributed by atoms with Gasteiger partial charge >= 0.3 is 0 Å². The van der Waals surface area contributed by atoms with E-state index in [1.807, 2.05) is 14.0 Å². The lowest BCUT2D eigenvalue weighted by Crippen LogP contribution is -2.38. The van der Waals surface area contributed by atoms with Crippen LogP contribution in [0.3, 0.4) is 0 Å². The highest BCUT2D eigenvalue weighted by atomic mass is 32.1. The minimum atomic E-state index is 0.0413. The second-order valence-electron chi connectivity index (χ2n) is 5.21. The molecule has 2 aromatic heterocycles. The van der Waals surface area contributed by atoms with E-state index in [2.05, 4.69) is 44.3 Å². The molecule has 1 atom stereocenters. The molecule has 0 aliphatic rings. The van der Waals surface area contributed by atoms with E-state index in [9.17, 15) is 0 Å². The molecule has 23 heavy (non-hydrogen) atoms. The Bertz CT molecular complexity index is 609. The van der Waals surface area contributed by atoms with Gasteiger partial charge in [-0.2, -0.15) is 11.3 Å². The van der Waals surface area contributed by atoms with Crippen LogP contribution < -0.4 is 5.32 Å². The maximum absolute atomic E-state index is 5.32. The van der Waals surface area contributed by atoms with Gasteiger partial charge < -0.3 is 15.0 Å². The summed E-state index contributed by atoms with van der Waals surface area (Å²) in [5.41, 5.74) is 2.28. The van der Waals surface area contributed by atoms with Crippen LogP contribution in [-0.2, 0) is 17.8 Å². The van der Waals surface area contributed by atoms with Crippen LogP contribution >= 0.6 is 22.7 Å². The number of thiazole rings is 1.